The van der Waals surface area contributed by atoms with Crippen LogP contribution in [0.25, 0.3) is 0 Å². The molecule has 1 aliphatic carbocycles. The van der Waals surface area contributed by atoms with Gasteiger partial charge in [-0.05, 0) is 86.3 Å². The van der Waals surface area contributed by atoms with Gasteiger partial charge in [-0.3, -0.25) is 14.4 Å². The molecule has 0 bridgehead atoms. The van der Waals surface area contributed by atoms with E-state index in [4.69, 9.17) is 0 Å². The van der Waals surface area contributed by atoms with Gasteiger partial charge in [0.2, 0.25) is 0 Å². The Bertz CT molecular complexity index is 1300. The molecule has 0 saturated heterocycles. The largest absolute Gasteiger partial charge is 0.355 e. The summed E-state index contributed by atoms with van der Waals surface area (Å²) in [4.78, 5) is 37.6. The second-order valence-electron chi connectivity index (χ2n) is 8.60. The molecular weight excluding hydrogens is 433 g/mol. The van der Waals surface area contributed by atoms with E-state index in [1.54, 1.807) is 31.3 Å². The first-order chi connectivity index (χ1) is 16.3. The minimum Gasteiger partial charge on any atom is -0.355 e. The van der Waals surface area contributed by atoms with Crippen LogP contribution in [-0.4, -0.2) is 30.7 Å². The maximum absolute atomic E-state index is 14.5. The zero-order chi connectivity index (χ0) is 24.4. The fourth-order valence-electron chi connectivity index (χ4n) is 4.07. The van der Waals surface area contributed by atoms with Crippen LogP contribution in [0.4, 0.5) is 15.8 Å². The highest BCUT2D eigenvalue weighted by Gasteiger charge is 2.23. The molecule has 4 rings (SSSR count). The average Bonchev–Trinajstić information content (AvgIpc) is 2.95. The van der Waals surface area contributed by atoms with Gasteiger partial charge in [-0.25, -0.2) is 4.39 Å². The number of ketones is 1. The molecule has 6 nitrogen and oxygen atoms in total. The Morgan fingerprint density at radius 1 is 0.853 bits per heavy atom. The number of carbonyl (C=O) groups is 3. The molecule has 2 amide bonds. The van der Waals surface area contributed by atoms with Crippen LogP contribution < -0.4 is 16.0 Å². The summed E-state index contributed by atoms with van der Waals surface area (Å²) in [7, 11) is 1.55. The number of halogens is 1. The zero-order valence-corrected chi connectivity index (χ0v) is 19.3. The SMILES string of the molecule is CNC(=O)c1ccc2c(c1)C(=O)c1ccc(Nc3cc(C(=O)NC(C)C)ccc3F)cc1CC2. The van der Waals surface area contributed by atoms with Gasteiger partial charge in [0.25, 0.3) is 11.8 Å². The summed E-state index contributed by atoms with van der Waals surface area (Å²) in [5.74, 6) is -1.15. The molecule has 3 N–H and O–H groups in total. The number of carbonyl (C=O) groups excluding carboxylic acids is 3. The van der Waals surface area contributed by atoms with Gasteiger partial charge in [0.05, 0.1) is 5.69 Å². The molecular formula is C27H26FN3O3. The fourth-order valence-corrected chi connectivity index (χ4v) is 4.07. The third-order valence-corrected chi connectivity index (χ3v) is 5.78. The average molecular weight is 460 g/mol. The number of benzene rings is 3. The Labute approximate surface area is 197 Å². The fraction of sp³-hybridized carbons (Fsp3) is 0.222. The molecule has 0 heterocycles. The number of amides is 2. The van der Waals surface area contributed by atoms with Crippen LogP contribution >= 0.6 is 0 Å². The van der Waals surface area contributed by atoms with E-state index in [-0.39, 0.29) is 29.3 Å². The maximum atomic E-state index is 14.5. The van der Waals surface area contributed by atoms with Gasteiger partial charge in [-0.15, -0.1) is 0 Å². The standard InChI is InChI=1S/C27H26FN3O3/c1-15(2)30-27(34)19-8-11-23(28)24(14-19)31-20-9-10-21-17(12-20)6-4-16-5-7-18(26(33)29-3)13-22(16)25(21)32/h5,7-15,31H,4,6H2,1-3H3,(H,29,33)(H,30,34). The number of hydrogen-bond acceptors (Lipinski definition) is 4. The number of anilines is 2. The summed E-state index contributed by atoms with van der Waals surface area (Å²) < 4.78 is 14.5. The molecule has 0 unspecified atom stereocenters. The van der Waals surface area contributed by atoms with Gasteiger partial charge < -0.3 is 16.0 Å². The van der Waals surface area contributed by atoms with Crippen molar-refractivity contribution in [2.24, 2.45) is 0 Å². The molecule has 1 aliphatic rings. The molecule has 0 saturated carbocycles. The highest BCUT2D eigenvalue weighted by atomic mass is 19.1. The summed E-state index contributed by atoms with van der Waals surface area (Å²) in [5, 5.41) is 8.41. The summed E-state index contributed by atoms with van der Waals surface area (Å²) in [6.07, 6.45) is 1.27. The number of nitrogens with one attached hydrogen (secondary N) is 3. The summed E-state index contributed by atoms with van der Waals surface area (Å²) in [5.41, 5.74) is 4.39. The Morgan fingerprint density at radius 3 is 2.29 bits per heavy atom. The lowest BCUT2D eigenvalue weighted by Crippen LogP contribution is -2.30. The van der Waals surface area contributed by atoms with E-state index in [0.29, 0.717) is 40.8 Å². The van der Waals surface area contributed by atoms with Crippen molar-refractivity contribution < 1.29 is 18.8 Å². The molecule has 0 radical (unpaired) electrons. The Balaban J connectivity index is 1.62. The quantitative estimate of drug-likeness (QED) is 0.528. The minimum atomic E-state index is -0.485. The van der Waals surface area contributed by atoms with Crippen LogP contribution in [0.3, 0.4) is 0 Å². The van der Waals surface area contributed by atoms with E-state index in [1.807, 2.05) is 26.0 Å². The molecule has 3 aromatic carbocycles. The lowest BCUT2D eigenvalue weighted by atomic mass is 9.96. The number of hydrogen-bond donors (Lipinski definition) is 3. The Kier molecular flexibility index (Phi) is 6.45. The molecule has 3 aromatic rings. The van der Waals surface area contributed by atoms with Crippen LogP contribution in [0.5, 0.6) is 0 Å². The van der Waals surface area contributed by atoms with E-state index >= 15 is 0 Å². The van der Waals surface area contributed by atoms with Gasteiger partial charge in [-0.1, -0.05) is 6.07 Å². The number of aryl methyl sites for hydroxylation is 2. The highest BCUT2D eigenvalue weighted by molar-refractivity contribution is 6.12. The summed E-state index contributed by atoms with van der Waals surface area (Å²) in [6.45, 7) is 3.71. The van der Waals surface area contributed by atoms with Crippen molar-refractivity contribution in [3.05, 3.63) is 93.8 Å². The normalized spacial score (nSPS) is 12.4. The van der Waals surface area contributed by atoms with Gasteiger partial charge >= 0.3 is 0 Å². The lowest BCUT2D eigenvalue weighted by molar-refractivity contribution is 0.0939. The topological polar surface area (TPSA) is 87.3 Å². The van der Waals surface area contributed by atoms with Gasteiger partial charge in [0.1, 0.15) is 5.82 Å². The van der Waals surface area contributed by atoms with Crippen LogP contribution in [-0.2, 0) is 12.8 Å². The van der Waals surface area contributed by atoms with E-state index in [1.165, 1.54) is 18.2 Å². The van der Waals surface area contributed by atoms with Gasteiger partial charge in [-0.2, -0.15) is 0 Å². The van der Waals surface area contributed by atoms with Gasteiger partial charge in [0, 0.05) is 41.0 Å². The first-order valence-electron chi connectivity index (χ1n) is 11.2. The van der Waals surface area contributed by atoms with E-state index in [2.05, 4.69) is 16.0 Å². The third-order valence-electron chi connectivity index (χ3n) is 5.78. The zero-order valence-electron chi connectivity index (χ0n) is 19.3. The molecule has 34 heavy (non-hydrogen) atoms. The predicted octanol–water partition coefficient (Wildman–Crippen LogP) is 4.40. The molecule has 0 aromatic heterocycles. The van der Waals surface area contributed by atoms with Crippen molar-refractivity contribution in [1.29, 1.82) is 0 Å². The van der Waals surface area contributed by atoms with Crippen molar-refractivity contribution in [3.63, 3.8) is 0 Å². The van der Waals surface area contributed by atoms with Crippen molar-refractivity contribution in [2.45, 2.75) is 32.7 Å². The smallest absolute Gasteiger partial charge is 0.251 e. The van der Waals surface area contributed by atoms with Crippen molar-refractivity contribution in [2.75, 3.05) is 12.4 Å². The highest BCUT2D eigenvalue weighted by Crippen LogP contribution is 2.29. The molecule has 0 spiro atoms. The van der Waals surface area contributed by atoms with Gasteiger partial charge in [0.15, 0.2) is 5.78 Å². The van der Waals surface area contributed by atoms with Crippen molar-refractivity contribution in [1.82, 2.24) is 10.6 Å². The first kappa shape index (κ1) is 23.2. The van der Waals surface area contributed by atoms with Crippen molar-refractivity contribution >= 4 is 29.0 Å². The second kappa shape index (κ2) is 9.47. The van der Waals surface area contributed by atoms with Crippen LogP contribution in [0.2, 0.25) is 0 Å². The molecule has 0 fully saturated rings. The van der Waals surface area contributed by atoms with E-state index in [9.17, 15) is 18.8 Å². The Hall–Kier alpha value is -4.00. The van der Waals surface area contributed by atoms with Crippen LogP contribution in [0.15, 0.2) is 54.6 Å². The van der Waals surface area contributed by atoms with Crippen LogP contribution in [0.1, 0.15) is 61.6 Å². The molecule has 174 valence electrons. The number of rotatable bonds is 5. The Morgan fingerprint density at radius 2 is 1.56 bits per heavy atom. The molecule has 7 heteroatoms. The lowest BCUT2D eigenvalue weighted by Gasteiger charge is -2.13. The first-order valence-corrected chi connectivity index (χ1v) is 11.2. The van der Waals surface area contributed by atoms with E-state index in [0.717, 1.165) is 11.1 Å². The monoisotopic (exact) mass is 459 g/mol. The van der Waals surface area contributed by atoms with Crippen LogP contribution in [0, 0.1) is 5.82 Å². The minimum absolute atomic E-state index is 0.0346. The maximum Gasteiger partial charge on any atom is 0.251 e. The summed E-state index contributed by atoms with van der Waals surface area (Å²) >= 11 is 0. The van der Waals surface area contributed by atoms with Crippen molar-refractivity contribution in [3.8, 4) is 0 Å². The summed E-state index contributed by atoms with van der Waals surface area (Å²) in [6, 6.07) is 14.6. The molecule has 0 atom stereocenters. The predicted molar refractivity (Wildman–Crippen MR) is 129 cm³/mol. The second-order valence-corrected chi connectivity index (χ2v) is 8.60. The molecule has 0 aliphatic heterocycles. The third kappa shape index (κ3) is 4.69. The van der Waals surface area contributed by atoms with E-state index < -0.39 is 5.82 Å². The number of fused-ring (bicyclic) bond motifs is 2.